The highest BCUT2D eigenvalue weighted by Gasteiger charge is 2.26. The van der Waals surface area contributed by atoms with Gasteiger partial charge >= 0.3 is 0 Å². The third-order valence-electron chi connectivity index (χ3n) is 3.38. The van der Waals surface area contributed by atoms with Crippen LogP contribution in [0.1, 0.15) is 38.5 Å². The van der Waals surface area contributed by atoms with E-state index in [4.69, 9.17) is 4.74 Å². The minimum atomic E-state index is 0.622. The summed E-state index contributed by atoms with van der Waals surface area (Å²) in [7, 11) is 0. The summed E-state index contributed by atoms with van der Waals surface area (Å²) in [6, 6.07) is 0. The van der Waals surface area contributed by atoms with Gasteiger partial charge in [0.1, 0.15) is 0 Å². The minimum Gasteiger partial charge on any atom is -0.467 e. The van der Waals surface area contributed by atoms with E-state index in [1.54, 1.807) is 0 Å². The second-order valence-corrected chi connectivity index (χ2v) is 4.29. The summed E-state index contributed by atoms with van der Waals surface area (Å²) in [6.07, 6.45) is 7.72. The first-order chi connectivity index (χ1) is 6.27. The molecule has 2 aliphatic rings. The number of rotatable bonds is 4. The molecule has 0 bridgehead atoms. The lowest BCUT2D eigenvalue weighted by atomic mass is 9.83. The summed E-state index contributed by atoms with van der Waals surface area (Å²) in [5, 5.41) is 0. The molecule has 72 valence electrons. The Morgan fingerprint density at radius 3 is 1.46 bits per heavy atom. The number of allylic oxidation sites excluding steroid dienone is 2. The maximum atomic E-state index is 5.67. The fourth-order valence-electron chi connectivity index (χ4n) is 1.80. The van der Waals surface area contributed by atoms with Crippen LogP contribution in [0, 0.1) is 11.8 Å². The fraction of sp³-hybridized carbons (Fsp3) is 0.667. The summed E-state index contributed by atoms with van der Waals surface area (Å²) in [4.78, 5) is 0. The van der Waals surface area contributed by atoms with E-state index in [9.17, 15) is 0 Å². The van der Waals surface area contributed by atoms with Crippen LogP contribution in [0.3, 0.4) is 0 Å². The van der Waals surface area contributed by atoms with Gasteiger partial charge in [0.15, 0.2) is 0 Å². The highest BCUT2D eigenvalue weighted by atomic mass is 16.5. The second kappa shape index (κ2) is 3.57. The van der Waals surface area contributed by atoms with Gasteiger partial charge in [0.05, 0.1) is 11.5 Å². The van der Waals surface area contributed by atoms with E-state index in [1.165, 1.54) is 38.5 Å². The molecule has 0 aliphatic heterocycles. The molecule has 0 saturated heterocycles. The van der Waals surface area contributed by atoms with E-state index in [2.05, 4.69) is 13.2 Å². The number of ether oxygens (including phenoxy) is 1. The van der Waals surface area contributed by atoms with Crippen LogP contribution in [0.25, 0.3) is 0 Å². The van der Waals surface area contributed by atoms with E-state index in [0.717, 1.165) is 11.5 Å². The van der Waals surface area contributed by atoms with Gasteiger partial charge in [0.2, 0.25) is 0 Å². The Morgan fingerprint density at radius 1 is 0.846 bits per heavy atom. The van der Waals surface area contributed by atoms with Crippen LogP contribution in [0.5, 0.6) is 0 Å². The lowest BCUT2D eigenvalue weighted by Gasteiger charge is -2.32. The summed E-state index contributed by atoms with van der Waals surface area (Å²) in [6.45, 7) is 7.95. The van der Waals surface area contributed by atoms with Crippen LogP contribution >= 0.6 is 0 Å². The van der Waals surface area contributed by atoms with E-state index in [-0.39, 0.29) is 0 Å². The molecule has 0 N–H and O–H groups in total. The van der Waals surface area contributed by atoms with Crippen molar-refractivity contribution < 1.29 is 4.74 Å². The molecule has 0 aromatic rings. The van der Waals surface area contributed by atoms with Gasteiger partial charge in [-0.2, -0.15) is 0 Å². The summed E-state index contributed by atoms with van der Waals surface area (Å²) in [5.41, 5.74) is 0. The zero-order valence-corrected chi connectivity index (χ0v) is 8.22. The Hall–Kier alpha value is -0.720. The van der Waals surface area contributed by atoms with Gasteiger partial charge < -0.3 is 4.74 Å². The Balaban J connectivity index is 1.75. The molecule has 0 radical (unpaired) electrons. The quantitative estimate of drug-likeness (QED) is 0.597. The van der Waals surface area contributed by atoms with Crippen molar-refractivity contribution in [2.75, 3.05) is 0 Å². The molecule has 2 aliphatic carbocycles. The third kappa shape index (κ3) is 1.79. The molecule has 0 atom stereocenters. The SMILES string of the molecule is C=C(OC(=C)C1CCC1)C1CCC1. The van der Waals surface area contributed by atoms with Gasteiger partial charge in [0.25, 0.3) is 0 Å². The molecule has 0 heterocycles. The molecular formula is C12H18O. The number of hydrogen-bond acceptors (Lipinski definition) is 1. The normalized spacial score (nSPS) is 23.1. The molecule has 0 amide bonds. The van der Waals surface area contributed by atoms with Crippen molar-refractivity contribution in [1.82, 2.24) is 0 Å². The van der Waals surface area contributed by atoms with Crippen molar-refractivity contribution in [3.05, 3.63) is 24.7 Å². The highest BCUT2D eigenvalue weighted by molar-refractivity contribution is 5.04. The van der Waals surface area contributed by atoms with Crippen LogP contribution in [-0.4, -0.2) is 0 Å². The zero-order valence-electron chi connectivity index (χ0n) is 8.22. The molecule has 0 aromatic carbocycles. The van der Waals surface area contributed by atoms with Gasteiger partial charge in [-0.25, -0.2) is 0 Å². The molecular weight excluding hydrogens is 160 g/mol. The molecule has 2 saturated carbocycles. The smallest absolute Gasteiger partial charge is 0.0995 e. The molecule has 0 spiro atoms. The van der Waals surface area contributed by atoms with Crippen LogP contribution < -0.4 is 0 Å². The molecule has 0 aromatic heterocycles. The molecule has 13 heavy (non-hydrogen) atoms. The Morgan fingerprint density at radius 2 is 1.23 bits per heavy atom. The van der Waals surface area contributed by atoms with Crippen molar-refractivity contribution in [1.29, 1.82) is 0 Å². The van der Waals surface area contributed by atoms with Crippen LogP contribution in [0.4, 0.5) is 0 Å². The maximum absolute atomic E-state index is 5.67. The summed E-state index contributed by atoms with van der Waals surface area (Å²) in [5.74, 6) is 3.17. The largest absolute Gasteiger partial charge is 0.467 e. The Bertz CT molecular complexity index is 197. The van der Waals surface area contributed by atoms with Crippen molar-refractivity contribution in [3.63, 3.8) is 0 Å². The van der Waals surface area contributed by atoms with Crippen molar-refractivity contribution in [2.24, 2.45) is 11.8 Å². The van der Waals surface area contributed by atoms with E-state index in [1.807, 2.05) is 0 Å². The van der Waals surface area contributed by atoms with Gasteiger partial charge in [-0.15, -0.1) is 0 Å². The molecule has 1 nitrogen and oxygen atoms in total. The minimum absolute atomic E-state index is 0.622. The van der Waals surface area contributed by atoms with Crippen LogP contribution in [0.15, 0.2) is 24.7 Å². The predicted octanol–water partition coefficient (Wildman–Crippen LogP) is 3.63. The average molecular weight is 178 g/mol. The summed E-state index contributed by atoms with van der Waals surface area (Å²) < 4.78 is 5.67. The standard InChI is InChI=1S/C12H18O/c1-9(11-5-3-6-11)13-10(2)12-7-4-8-12/h11-12H,1-8H2. The predicted molar refractivity (Wildman–Crippen MR) is 54.0 cm³/mol. The monoisotopic (exact) mass is 178 g/mol. The van der Waals surface area contributed by atoms with Crippen molar-refractivity contribution in [2.45, 2.75) is 38.5 Å². The fourth-order valence-corrected chi connectivity index (χ4v) is 1.80. The third-order valence-corrected chi connectivity index (χ3v) is 3.38. The first kappa shape index (κ1) is 8.86. The van der Waals surface area contributed by atoms with E-state index < -0.39 is 0 Å². The van der Waals surface area contributed by atoms with Crippen molar-refractivity contribution in [3.8, 4) is 0 Å². The Labute approximate surface area is 80.5 Å². The van der Waals surface area contributed by atoms with Gasteiger partial charge in [0, 0.05) is 11.8 Å². The zero-order chi connectivity index (χ0) is 9.26. The van der Waals surface area contributed by atoms with Gasteiger partial charge in [-0.3, -0.25) is 0 Å². The Kier molecular flexibility index (Phi) is 2.43. The first-order valence-corrected chi connectivity index (χ1v) is 5.33. The van der Waals surface area contributed by atoms with Crippen molar-refractivity contribution >= 4 is 0 Å². The lowest BCUT2D eigenvalue weighted by molar-refractivity contribution is 0.155. The summed E-state index contributed by atoms with van der Waals surface area (Å²) >= 11 is 0. The first-order valence-electron chi connectivity index (χ1n) is 5.33. The topological polar surface area (TPSA) is 9.23 Å². The second-order valence-electron chi connectivity index (χ2n) is 4.29. The number of hydrogen-bond donors (Lipinski definition) is 0. The van der Waals surface area contributed by atoms with Gasteiger partial charge in [-0.1, -0.05) is 26.0 Å². The lowest BCUT2D eigenvalue weighted by Crippen LogP contribution is -2.19. The van der Waals surface area contributed by atoms with Crippen LogP contribution in [0.2, 0.25) is 0 Å². The average Bonchev–Trinajstić information content (AvgIpc) is 1.76. The van der Waals surface area contributed by atoms with Gasteiger partial charge in [-0.05, 0) is 25.7 Å². The highest BCUT2D eigenvalue weighted by Crippen LogP contribution is 2.38. The molecule has 2 fully saturated rings. The van der Waals surface area contributed by atoms with E-state index in [0.29, 0.717) is 11.8 Å². The maximum Gasteiger partial charge on any atom is 0.0995 e. The van der Waals surface area contributed by atoms with Crippen LogP contribution in [-0.2, 0) is 4.74 Å². The van der Waals surface area contributed by atoms with E-state index >= 15 is 0 Å². The molecule has 0 unspecified atom stereocenters. The molecule has 1 heteroatoms. The molecule has 2 rings (SSSR count).